The molecule has 1 aliphatic rings. The van der Waals surface area contributed by atoms with Crippen molar-refractivity contribution in [2.75, 3.05) is 4.90 Å². The average Bonchev–Trinajstić information content (AvgIpc) is 3.72. The number of nitrogens with zero attached hydrogens (tertiary/aromatic N) is 6. The van der Waals surface area contributed by atoms with Crippen molar-refractivity contribution < 1.29 is 9.59 Å². The minimum atomic E-state index is -0.465. The molecule has 0 saturated carbocycles. The molecule has 0 radical (unpaired) electrons. The van der Waals surface area contributed by atoms with Crippen molar-refractivity contribution in [1.82, 2.24) is 4.57 Å². The molecule has 0 N–H and O–H groups in total. The van der Waals surface area contributed by atoms with Crippen molar-refractivity contribution in [2.45, 2.75) is 0 Å². The molecule has 8 nitrogen and oxygen atoms in total. The highest BCUT2D eigenvalue weighted by molar-refractivity contribution is 6.35. The predicted molar refractivity (Wildman–Crippen MR) is 214 cm³/mol. The molecule has 56 heavy (non-hydrogen) atoms. The molecule has 2 amide bonds. The number of fused-ring (bicyclic) bond motifs is 4. The van der Waals surface area contributed by atoms with Gasteiger partial charge < -0.3 is 4.57 Å². The minimum absolute atomic E-state index is 0.242. The van der Waals surface area contributed by atoms with E-state index in [2.05, 4.69) is 24.3 Å². The van der Waals surface area contributed by atoms with E-state index in [0.29, 0.717) is 55.8 Å². The van der Waals surface area contributed by atoms with Crippen LogP contribution < -0.4 is 4.90 Å². The summed E-state index contributed by atoms with van der Waals surface area (Å²) in [4.78, 5) is 29.9. The fraction of sp³-hybridized carbons (Fsp3) is 0. The monoisotopic (exact) mass is 716 g/mol. The molecule has 0 bridgehead atoms. The SMILES string of the molecule is N#Cc1ccc(-c2ccc3c4ccc(-c5ccc(C#N)cc5C#N)cc4n(-c4cccc5c4C(=O)N(c4ccc(-c6ccccc6)cc4)C5=O)c3c2)c(C#N)c1. The van der Waals surface area contributed by atoms with Crippen LogP contribution in [0.5, 0.6) is 0 Å². The van der Waals surface area contributed by atoms with Crippen LogP contribution in [-0.4, -0.2) is 16.4 Å². The van der Waals surface area contributed by atoms with Crippen LogP contribution in [0.15, 0.2) is 146 Å². The summed E-state index contributed by atoms with van der Waals surface area (Å²) in [6, 6.07) is 52.6. The van der Waals surface area contributed by atoms with Gasteiger partial charge in [-0.1, -0.05) is 84.9 Å². The van der Waals surface area contributed by atoms with E-state index in [9.17, 15) is 30.6 Å². The van der Waals surface area contributed by atoms with E-state index in [4.69, 9.17) is 0 Å². The number of imide groups is 1. The molecule has 8 aromatic rings. The number of carbonyl (C=O) groups is 2. The summed E-state index contributed by atoms with van der Waals surface area (Å²) in [5, 5.41) is 40.8. The molecule has 7 aromatic carbocycles. The Bertz CT molecular complexity index is 3040. The van der Waals surface area contributed by atoms with Crippen molar-refractivity contribution in [2.24, 2.45) is 0 Å². The molecule has 0 atom stereocenters. The zero-order valence-electron chi connectivity index (χ0n) is 29.4. The first-order chi connectivity index (χ1) is 27.4. The first kappa shape index (κ1) is 33.3. The Morgan fingerprint density at radius 1 is 0.429 bits per heavy atom. The maximum absolute atomic E-state index is 14.6. The highest BCUT2D eigenvalue weighted by atomic mass is 16.2. The van der Waals surface area contributed by atoms with Gasteiger partial charge >= 0.3 is 0 Å². The fourth-order valence-corrected chi connectivity index (χ4v) is 7.65. The molecule has 1 aliphatic heterocycles. The number of rotatable bonds is 5. The Morgan fingerprint density at radius 2 is 0.964 bits per heavy atom. The first-order valence-electron chi connectivity index (χ1n) is 17.6. The van der Waals surface area contributed by atoms with Gasteiger partial charge in [-0.2, -0.15) is 21.0 Å². The van der Waals surface area contributed by atoms with Gasteiger partial charge in [-0.05, 0) is 94.0 Å². The number of amides is 2. The minimum Gasteiger partial charge on any atom is -0.308 e. The van der Waals surface area contributed by atoms with E-state index in [1.165, 1.54) is 4.90 Å². The molecule has 0 fully saturated rings. The number of aromatic nitrogens is 1. The van der Waals surface area contributed by atoms with E-state index >= 15 is 0 Å². The lowest BCUT2D eigenvalue weighted by Gasteiger charge is -2.16. The molecule has 0 aliphatic carbocycles. The van der Waals surface area contributed by atoms with E-state index in [1.807, 2.05) is 89.5 Å². The van der Waals surface area contributed by atoms with Crippen LogP contribution in [0, 0.1) is 45.3 Å². The summed E-state index contributed by atoms with van der Waals surface area (Å²) < 4.78 is 1.95. The quantitative estimate of drug-likeness (QED) is 0.163. The maximum Gasteiger partial charge on any atom is 0.268 e. The summed E-state index contributed by atoms with van der Waals surface area (Å²) in [5.74, 6) is -0.901. The summed E-state index contributed by atoms with van der Waals surface area (Å²) in [6.45, 7) is 0. The van der Waals surface area contributed by atoms with Crippen LogP contribution in [0.25, 0.3) is 60.9 Å². The third kappa shape index (κ3) is 5.19. The zero-order chi connectivity index (χ0) is 38.5. The Labute approximate surface area is 320 Å². The van der Waals surface area contributed by atoms with Gasteiger partial charge in [0.05, 0.1) is 80.1 Å². The van der Waals surface area contributed by atoms with Crippen molar-refractivity contribution >= 4 is 39.3 Å². The molecule has 0 saturated heterocycles. The summed E-state index contributed by atoms with van der Waals surface area (Å²) >= 11 is 0. The van der Waals surface area contributed by atoms with Gasteiger partial charge in [0.15, 0.2) is 0 Å². The smallest absolute Gasteiger partial charge is 0.268 e. The highest BCUT2D eigenvalue weighted by Gasteiger charge is 2.39. The fourth-order valence-electron chi connectivity index (χ4n) is 7.65. The Hall–Kier alpha value is -8.56. The van der Waals surface area contributed by atoms with Crippen LogP contribution in [0.2, 0.25) is 0 Å². The molecule has 2 heterocycles. The summed E-state index contributed by atoms with van der Waals surface area (Å²) in [6.07, 6.45) is 0. The van der Waals surface area contributed by atoms with Crippen LogP contribution in [0.4, 0.5) is 5.69 Å². The molecular formula is C48H24N6O2. The average molecular weight is 717 g/mol. The summed E-state index contributed by atoms with van der Waals surface area (Å²) in [5.41, 5.74) is 8.96. The van der Waals surface area contributed by atoms with Crippen LogP contribution >= 0.6 is 0 Å². The number of hydrogen-bond donors (Lipinski definition) is 0. The standard InChI is InChI=1S/C48H24N6O2/c49-25-29-9-17-38(35(21-29)27-51)33-13-19-40-41-20-14-34(39-18-10-30(26-50)22-36(39)28-52)24-45(41)54(44(40)23-33)43-8-4-7-42-46(43)48(56)53(47(42)55)37-15-11-32(12-16-37)31-5-2-1-3-6-31/h1-24H. The predicted octanol–water partition coefficient (Wildman–Crippen LogP) is 10.1. The molecule has 9 rings (SSSR count). The zero-order valence-corrected chi connectivity index (χ0v) is 29.4. The molecule has 1 aromatic heterocycles. The molecular weight excluding hydrogens is 693 g/mol. The van der Waals surface area contributed by atoms with Gasteiger partial charge in [0.2, 0.25) is 0 Å². The lowest BCUT2D eigenvalue weighted by atomic mass is 9.96. The van der Waals surface area contributed by atoms with Gasteiger partial charge in [-0.3, -0.25) is 9.59 Å². The number of nitriles is 4. The van der Waals surface area contributed by atoms with Gasteiger partial charge in [-0.15, -0.1) is 0 Å². The second kappa shape index (κ2) is 13.1. The highest BCUT2D eigenvalue weighted by Crippen LogP contribution is 2.41. The second-order valence-electron chi connectivity index (χ2n) is 13.3. The molecule has 0 spiro atoms. The number of benzene rings is 7. The van der Waals surface area contributed by atoms with Gasteiger partial charge in [0.25, 0.3) is 11.8 Å². The molecule has 8 heteroatoms. The van der Waals surface area contributed by atoms with Crippen LogP contribution in [0.3, 0.4) is 0 Å². The Morgan fingerprint density at radius 3 is 1.50 bits per heavy atom. The van der Waals surface area contributed by atoms with Gasteiger partial charge in [0.1, 0.15) is 0 Å². The number of hydrogen-bond acceptors (Lipinski definition) is 6. The molecule has 0 unspecified atom stereocenters. The molecule has 258 valence electrons. The Balaban J connectivity index is 1.27. The maximum atomic E-state index is 14.6. The van der Waals surface area contributed by atoms with E-state index < -0.39 is 11.8 Å². The third-order valence-corrected chi connectivity index (χ3v) is 10.3. The van der Waals surface area contributed by atoms with Crippen molar-refractivity contribution in [1.29, 1.82) is 21.0 Å². The van der Waals surface area contributed by atoms with E-state index in [-0.39, 0.29) is 11.1 Å². The van der Waals surface area contributed by atoms with E-state index in [0.717, 1.165) is 33.0 Å². The van der Waals surface area contributed by atoms with Crippen molar-refractivity contribution in [3.8, 4) is 63.3 Å². The summed E-state index contributed by atoms with van der Waals surface area (Å²) in [7, 11) is 0. The van der Waals surface area contributed by atoms with E-state index in [1.54, 1.807) is 60.7 Å². The van der Waals surface area contributed by atoms with Crippen LogP contribution in [-0.2, 0) is 0 Å². The second-order valence-corrected chi connectivity index (χ2v) is 13.3. The lowest BCUT2D eigenvalue weighted by molar-refractivity contribution is 0.0926. The van der Waals surface area contributed by atoms with Crippen molar-refractivity contribution in [3.63, 3.8) is 0 Å². The van der Waals surface area contributed by atoms with Crippen molar-refractivity contribution in [3.05, 3.63) is 179 Å². The van der Waals surface area contributed by atoms with Gasteiger partial charge in [-0.25, -0.2) is 4.90 Å². The number of anilines is 1. The normalized spacial score (nSPS) is 11.9. The number of carbonyl (C=O) groups excluding carboxylic acids is 2. The Kier molecular flexibility index (Phi) is 7.81. The topological polar surface area (TPSA) is 137 Å². The largest absolute Gasteiger partial charge is 0.308 e. The van der Waals surface area contributed by atoms with Crippen LogP contribution in [0.1, 0.15) is 43.0 Å². The lowest BCUT2D eigenvalue weighted by Crippen LogP contribution is -2.29. The third-order valence-electron chi connectivity index (χ3n) is 10.3. The van der Waals surface area contributed by atoms with Gasteiger partial charge in [0, 0.05) is 10.8 Å². The first-order valence-corrected chi connectivity index (χ1v) is 17.6.